The number of hydrogen-bond acceptors (Lipinski definition) is 6. The SMILES string of the molecule is COC(=O)C1COCCN1C(=O)C(C)(C)S(C)(=O)=O. The summed E-state index contributed by atoms with van der Waals surface area (Å²) in [6, 6.07) is -0.896. The van der Waals surface area contributed by atoms with E-state index in [4.69, 9.17) is 4.74 Å². The zero-order valence-corrected chi connectivity index (χ0v) is 12.3. The van der Waals surface area contributed by atoms with E-state index in [-0.39, 0.29) is 19.8 Å². The van der Waals surface area contributed by atoms with Gasteiger partial charge in [0.15, 0.2) is 15.9 Å². The molecule has 0 N–H and O–H groups in total. The van der Waals surface area contributed by atoms with Gasteiger partial charge in [-0.2, -0.15) is 0 Å². The van der Waals surface area contributed by atoms with Crippen molar-refractivity contribution < 1.29 is 27.5 Å². The molecule has 0 aromatic carbocycles. The van der Waals surface area contributed by atoms with Gasteiger partial charge >= 0.3 is 5.97 Å². The van der Waals surface area contributed by atoms with Crippen molar-refractivity contribution in [1.29, 1.82) is 0 Å². The van der Waals surface area contributed by atoms with Gasteiger partial charge in [0.25, 0.3) is 0 Å². The van der Waals surface area contributed by atoms with Crippen LogP contribution in [0.3, 0.4) is 0 Å². The van der Waals surface area contributed by atoms with Crippen LogP contribution in [0.4, 0.5) is 0 Å². The smallest absolute Gasteiger partial charge is 0.331 e. The van der Waals surface area contributed by atoms with Crippen LogP contribution in [-0.2, 0) is 28.9 Å². The molecule has 0 spiro atoms. The fraction of sp³-hybridized carbons (Fsp3) is 0.818. The molecule has 0 aromatic rings. The number of carbonyl (C=O) groups excluding carboxylic acids is 2. The van der Waals surface area contributed by atoms with Crippen molar-refractivity contribution in [2.75, 3.05) is 33.1 Å². The predicted molar refractivity (Wildman–Crippen MR) is 67.3 cm³/mol. The maximum Gasteiger partial charge on any atom is 0.331 e. The van der Waals surface area contributed by atoms with E-state index in [1.54, 1.807) is 0 Å². The highest BCUT2D eigenvalue weighted by atomic mass is 32.2. The van der Waals surface area contributed by atoms with Gasteiger partial charge in [0.1, 0.15) is 4.75 Å². The first-order chi connectivity index (χ1) is 8.63. The molecule has 1 unspecified atom stereocenters. The summed E-state index contributed by atoms with van der Waals surface area (Å²) in [5, 5.41) is 0. The van der Waals surface area contributed by atoms with E-state index in [1.165, 1.54) is 25.9 Å². The van der Waals surface area contributed by atoms with Gasteiger partial charge in [-0.3, -0.25) is 4.79 Å². The van der Waals surface area contributed by atoms with Crippen molar-refractivity contribution in [2.45, 2.75) is 24.6 Å². The lowest BCUT2D eigenvalue weighted by Gasteiger charge is -2.37. The zero-order chi connectivity index (χ0) is 14.8. The summed E-state index contributed by atoms with van der Waals surface area (Å²) in [7, 11) is -2.38. The third-order valence-electron chi connectivity index (χ3n) is 3.30. The molecule has 8 heteroatoms. The molecular weight excluding hydrogens is 274 g/mol. The van der Waals surface area contributed by atoms with E-state index in [9.17, 15) is 18.0 Å². The number of nitrogens with zero attached hydrogens (tertiary/aromatic N) is 1. The highest BCUT2D eigenvalue weighted by Gasteiger charge is 2.45. The quantitative estimate of drug-likeness (QED) is 0.633. The Morgan fingerprint density at radius 1 is 1.37 bits per heavy atom. The van der Waals surface area contributed by atoms with Crippen LogP contribution in [0.1, 0.15) is 13.8 Å². The second-order valence-corrected chi connectivity index (χ2v) is 7.46. The minimum Gasteiger partial charge on any atom is -0.467 e. The van der Waals surface area contributed by atoms with Crippen molar-refractivity contribution in [3.8, 4) is 0 Å². The number of carbonyl (C=O) groups is 2. The number of morpholine rings is 1. The Kier molecular flexibility index (Phi) is 4.57. The number of amides is 1. The second kappa shape index (κ2) is 5.46. The summed E-state index contributed by atoms with van der Waals surface area (Å²) in [6.45, 7) is 3.10. The second-order valence-electron chi connectivity index (χ2n) is 4.89. The lowest BCUT2D eigenvalue weighted by Crippen LogP contribution is -2.59. The maximum atomic E-state index is 12.4. The van der Waals surface area contributed by atoms with Gasteiger partial charge in [-0.1, -0.05) is 0 Å². The number of hydrogen-bond donors (Lipinski definition) is 0. The summed E-state index contributed by atoms with van der Waals surface area (Å²) in [5.41, 5.74) is 0. The molecule has 1 saturated heterocycles. The van der Waals surface area contributed by atoms with E-state index in [0.29, 0.717) is 0 Å². The summed E-state index contributed by atoms with van der Waals surface area (Å²) in [5.74, 6) is -1.23. The zero-order valence-electron chi connectivity index (χ0n) is 11.5. The average Bonchev–Trinajstić information content (AvgIpc) is 2.35. The molecule has 1 atom stereocenters. The largest absolute Gasteiger partial charge is 0.467 e. The molecule has 0 aromatic heterocycles. The van der Waals surface area contributed by atoms with Crippen LogP contribution in [0.25, 0.3) is 0 Å². The Balaban J connectivity index is 3.05. The number of esters is 1. The van der Waals surface area contributed by atoms with Crippen LogP contribution in [0.2, 0.25) is 0 Å². The van der Waals surface area contributed by atoms with Crippen LogP contribution < -0.4 is 0 Å². The highest BCUT2D eigenvalue weighted by molar-refractivity contribution is 7.92. The third kappa shape index (κ3) is 3.06. The van der Waals surface area contributed by atoms with E-state index < -0.39 is 32.5 Å². The minimum atomic E-state index is -3.59. The first-order valence-corrected chi connectivity index (χ1v) is 7.68. The Morgan fingerprint density at radius 2 is 1.95 bits per heavy atom. The van der Waals surface area contributed by atoms with Gasteiger partial charge in [-0.05, 0) is 13.8 Å². The van der Waals surface area contributed by atoms with Gasteiger partial charge in [-0.15, -0.1) is 0 Å². The molecule has 7 nitrogen and oxygen atoms in total. The predicted octanol–water partition coefficient (Wildman–Crippen LogP) is -0.790. The molecule has 1 aliphatic rings. The Labute approximate surface area is 112 Å². The third-order valence-corrected chi connectivity index (χ3v) is 5.33. The average molecular weight is 293 g/mol. The normalized spacial score (nSPS) is 21.1. The van der Waals surface area contributed by atoms with Crippen LogP contribution in [0.15, 0.2) is 0 Å². The topological polar surface area (TPSA) is 90.0 Å². The molecule has 1 fully saturated rings. The molecule has 1 rings (SSSR count). The fourth-order valence-corrected chi connectivity index (χ4v) is 2.12. The monoisotopic (exact) mass is 293 g/mol. The molecule has 19 heavy (non-hydrogen) atoms. The Hall–Kier alpha value is -1.15. The molecule has 0 aliphatic carbocycles. The van der Waals surface area contributed by atoms with Gasteiger partial charge in [0.2, 0.25) is 5.91 Å². The van der Waals surface area contributed by atoms with Crippen molar-refractivity contribution in [2.24, 2.45) is 0 Å². The van der Waals surface area contributed by atoms with Crippen molar-refractivity contribution in [1.82, 2.24) is 4.90 Å². The summed E-state index contributed by atoms with van der Waals surface area (Å²) >= 11 is 0. The van der Waals surface area contributed by atoms with E-state index in [2.05, 4.69) is 4.74 Å². The molecule has 0 bridgehead atoms. The number of methoxy groups -OCH3 is 1. The van der Waals surface area contributed by atoms with Gasteiger partial charge in [-0.25, -0.2) is 13.2 Å². The minimum absolute atomic E-state index is 0.0122. The molecule has 110 valence electrons. The first-order valence-electron chi connectivity index (χ1n) is 5.79. The molecular formula is C11H19NO6S. The summed E-state index contributed by atoms with van der Waals surface area (Å²) < 4.78 is 31.5. The van der Waals surface area contributed by atoms with E-state index in [0.717, 1.165) is 6.26 Å². The molecule has 0 saturated carbocycles. The van der Waals surface area contributed by atoms with Crippen LogP contribution in [0, 0.1) is 0 Å². The summed E-state index contributed by atoms with van der Waals surface area (Å²) in [6.07, 6.45) is 0.999. The summed E-state index contributed by atoms with van der Waals surface area (Å²) in [4.78, 5) is 25.2. The standard InChI is InChI=1S/C11H19NO6S/c1-11(2,19(4,15)16)10(14)12-5-6-18-7-8(12)9(13)17-3/h8H,5-7H2,1-4H3. The molecule has 0 radical (unpaired) electrons. The Bertz CT molecular complexity index is 470. The number of ether oxygens (including phenoxy) is 2. The van der Waals surface area contributed by atoms with Gasteiger partial charge < -0.3 is 14.4 Å². The number of sulfone groups is 1. The van der Waals surface area contributed by atoms with Crippen LogP contribution in [0.5, 0.6) is 0 Å². The van der Waals surface area contributed by atoms with E-state index >= 15 is 0 Å². The van der Waals surface area contributed by atoms with Crippen LogP contribution >= 0.6 is 0 Å². The number of rotatable bonds is 3. The lowest BCUT2D eigenvalue weighted by molar-refractivity contribution is -0.161. The lowest BCUT2D eigenvalue weighted by atomic mass is 10.1. The van der Waals surface area contributed by atoms with Crippen molar-refractivity contribution >= 4 is 21.7 Å². The Morgan fingerprint density at radius 3 is 2.42 bits per heavy atom. The van der Waals surface area contributed by atoms with Gasteiger partial charge in [0.05, 0.1) is 20.3 Å². The molecule has 1 heterocycles. The van der Waals surface area contributed by atoms with Crippen molar-refractivity contribution in [3.05, 3.63) is 0 Å². The van der Waals surface area contributed by atoms with E-state index in [1.807, 2.05) is 0 Å². The van der Waals surface area contributed by atoms with Crippen molar-refractivity contribution in [3.63, 3.8) is 0 Å². The van der Waals surface area contributed by atoms with Gasteiger partial charge in [0, 0.05) is 12.8 Å². The first kappa shape index (κ1) is 15.9. The molecule has 1 amide bonds. The highest BCUT2D eigenvalue weighted by Crippen LogP contribution is 2.22. The van der Waals surface area contributed by atoms with Crippen LogP contribution in [-0.4, -0.2) is 69.1 Å². The maximum absolute atomic E-state index is 12.4. The fourth-order valence-electron chi connectivity index (χ4n) is 1.68. The molecule has 1 aliphatic heterocycles.